The van der Waals surface area contributed by atoms with E-state index in [0.29, 0.717) is 4.90 Å². The summed E-state index contributed by atoms with van der Waals surface area (Å²) in [6, 6.07) is 1.90. The van der Waals surface area contributed by atoms with E-state index >= 15 is 0 Å². The summed E-state index contributed by atoms with van der Waals surface area (Å²) in [5, 5.41) is 0.185. The van der Waals surface area contributed by atoms with Gasteiger partial charge in [0, 0.05) is 24.4 Å². The first kappa shape index (κ1) is 21.1. The molecule has 1 aromatic heterocycles. The van der Waals surface area contributed by atoms with Gasteiger partial charge in [-0.15, -0.1) is 11.3 Å². The van der Waals surface area contributed by atoms with Crippen molar-refractivity contribution >= 4 is 45.3 Å². The third kappa shape index (κ3) is 4.72. The van der Waals surface area contributed by atoms with Gasteiger partial charge in [0.2, 0.25) is 0 Å². The fraction of sp³-hybridized carbons (Fsp3) is 0.545. The molecule has 1 aliphatic rings. The first-order valence-electron chi connectivity index (χ1n) is 6.53. The van der Waals surface area contributed by atoms with Crippen LogP contribution in [-0.4, -0.2) is 57.3 Å². The van der Waals surface area contributed by atoms with Crippen LogP contribution in [0.5, 0.6) is 0 Å². The lowest BCUT2D eigenvalue weighted by atomic mass is 10.1. The van der Waals surface area contributed by atoms with Gasteiger partial charge in [-0.1, -0.05) is 11.6 Å². The van der Waals surface area contributed by atoms with E-state index in [-0.39, 0.29) is 9.34 Å². The maximum atomic E-state index is 12.4. The predicted octanol–water partition coefficient (Wildman–Crippen LogP) is 3.32. The quantitative estimate of drug-likeness (QED) is 0.526. The number of ether oxygens (including phenoxy) is 1. The third-order valence-corrected chi connectivity index (χ3v) is 5.36. The summed E-state index contributed by atoms with van der Waals surface area (Å²) in [4.78, 5) is 12.1. The molecule has 148 valence electrons. The molecular formula is C11H8ClF6N2O4S2-. The molecule has 26 heavy (non-hydrogen) atoms. The second kappa shape index (κ2) is 7.40. The lowest BCUT2D eigenvalue weighted by Crippen LogP contribution is -2.62. The van der Waals surface area contributed by atoms with Gasteiger partial charge in [-0.3, -0.25) is 8.51 Å². The predicted molar refractivity (Wildman–Crippen MR) is 78.5 cm³/mol. The molecule has 1 unspecified atom stereocenters. The number of halogens is 7. The van der Waals surface area contributed by atoms with Crippen LogP contribution in [0.25, 0.3) is 0 Å². The fourth-order valence-electron chi connectivity index (χ4n) is 2.05. The van der Waals surface area contributed by atoms with Crippen molar-refractivity contribution in [1.82, 2.24) is 4.90 Å². The Morgan fingerprint density at radius 3 is 2.23 bits per heavy atom. The Balaban J connectivity index is 2.01. The maximum Gasteiger partial charge on any atom is 0.434 e. The van der Waals surface area contributed by atoms with Gasteiger partial charge >= 0.3 is 18.4 Å². The van der Waals surface area contributed by atoms with E-state index < -0.39 is 54.9 Å². The molecule has 0 saturated carbocycles. The van der Waals surface area contributed by atoms with Gasteiger partial charge in [-0.25, -0.2) is 4.79 Å². The number of hydrogen-bond acceptors (Lipinski definition) is 5. The molecule has 2 heterocycles. The summed E-state index contributed by atoms with van der Waals surface area (Å²) in [5.74, 6) is 0. The standard InChI is InChI=1S/C11H9ClF6N2O4S2/c12-6-1-2-7(25-6)20(26(22)23)5-3-19(4-5)9(21)24-8(10(13,14)15)11(16,17)18/h1-2,5,8H,3-4H2,(H,22,23)/p-1. The highest BCUT2D eigenvalue weighted by Crippen LogP contribution is 2.37. The van der Waals surface area contributed by atoms with Crippen LogP contribution in [0.15, 0.2) is 12.1 Å². The topological polar surface area (TPSA) is 72.9 Å². The molecule has 0 aromatic carbocycles. The highest BCUT2D eigenvalue weighted by atomic mass is 35.5. The van der Waals surface area contributed by atoms with E-state index in [1.165, 1.54) is 12.1 Å². The van der Waals surface area contributed by atoms with Crippen LogP contribution < -0.4 is 4.31 Å². The highest BCUT2D eigenvalue weighted by Gasteiger charge is 2.60. The van der Waals surface area contributed by atoms with E-state index in [9.17, 15) is 39.9 Å². The van der Waals surface area contributed by atoms with E-state index in [1.54, 1.807) is 0 Å². The summed E-state index contributed by atoms with van der Waals surface area (Å²) in [5.41, 5.74) is 0. The average molecular weight is 446 g/mol. The zero-order valence-electron chi connectivity index (χ0n) is 12.2. The maximum absolute atomic E-state index is 12.4. The summed E-state index contributed by atoms with van der Waals surface area (Å²) >= 11 is 3.79. The number of amides is 1. The van der Waals surface area contributed by atoms with Crippen molar-refractivity contribution in [2.45, 2.75) is 24.5 Å². The first-order valence-corrected chi connectivity index (χ1v) is 8.76. The third-order valence-electron chi connectivity index (χ3n) is 3.20. The average Bonchev–Trinajstić information content (AvgIpc) is 2.82. The van der Waals surface area contributed by atoms with E-state index in [0.717, 1.165) is 15.6 Å². The fourth-order valence-corrected chi connectivity index (χ4v) is 3.94. The lowest BCUT2D eigenvalue weighted by molar-refractivity contribution is -0.308. The van der Waals surface area contributed by atoms with Crippen LogP contribution in [-0.2, 0) is 16.0 Å². The van der Waals surface area contributed by atoms with E-state index in [4.69, 9.17) is 11.6 Å². The van der Waals surface area contributed by atoms with Crippen molar-refractivity contribution in [2.75, 3.05) is 17.4 Å². The molecule has 1 aliphatic heterocycles. The van der Waals surface area contributed by atoms with Crippen molar-refractivity contribution in [3.8, 4) is 0 Å². The minimum absolute atomic E-state index is 0.185. The number of anilines is 1. The van der Waals surface area contributed by atoms with Gasteiger partial charge in [0.25, 0.3) is 6.10 Å². The van der Waals surface area contributed by atoms with Crippen molar-refractivity contribution in [2.24, 2.45) is 0 Å². The number of hydrogen-bond donors (Lipinski definition) is 0. The molecule has 0 bridgehead atoms. The summed E-state index contributed by atoms with van der Waals surface area (Å²) < 4.78 is 102. The molecule has 0 radical (unpaired) electrons. The smallest absolute Gasteiger partial charge is 0.434 e. The van der Waals surface area contributed by atoms with Gasteiger partial charge in [-0.05, 0) is 12.1 Å². The summed E-state index contributed by atoms with van der Waals surface area (Å²) in [6.07, 6.45) is -17.8. The van der Waals surface area contributed by atoms with E-state index in [2.05, 4.69) is 4.74 Å². The number of thiophene rings is 1. The van der Waals surface area contributed by atoms with Gasteiger partial charge in [-0.2, -0.15) is 26.3 Å². The zero-order chi connectivity index (χ0) is 19.9. The van der Waals surface area contributed by atoms with E-state index in [1.807, 2.05) is 0 Å². The molecule has 1 amide bonds. The van der Waals surface area contributed by atoms with Gasteiger partial charge < -0.3 is 14.2 Å². The van der Waals surface area contributed by atoms with Crippen LogP contribution in [0.2, 0.25) is 4.34 Å². The largest absolute Gasteiger partial charge is 0.755 e. The monoisotopic (exact) mass is 445 g/mol. The molecule has 1 saturated heterocycles. The van der Waals surface area contributed by atoms with Crippen molar-refractivity contribution in [3.05, 3.63) is 16.5 Å². The van der Waals surface area contributed by atoms with Gasteiger partial charge in [0.05, 0.1) is 10.4 Å². The number of carbonyl (C=O) groups is 1. The van der Waals surface area contributed by atoms with Crippen molar-refractivity contribution < 1.29 is 44.6 Å². The van der Waals surface area contributed by atoms with Crippen molar-refractivity contribution in [3.63, 3.8) is 0 Å². The Kier molecular flexibility index (Phi) is 5.99. The number of nitrogens with zero attached hydrogens (tertiary/aromatic N) is 2. The molecular weight excluding hydrogens is 438 g/mol. The second-order valence-electron chi connectivity index (χ2n) is 5.03. The molecule has 2 rings (SSSR count). The zero-order valence-corrected chi connectivity index (χ0v) is 14.6. The Labute approximate surface area is 153 Å². The minimum Gasteiger partial charge on any atom is -0.755 e. The number of carbonyl (C=O) groups excluding carboxylic acids is 1. The Morgan fingerprint density at radius 2 is 1.85 bits per heavy atom. The molecule has 1 aromatic rings. The SMILES string of the molecule is O=C(OC(C(F)(F)F)C(F)(F)F)N1CC(N(c2ccc(Cl)s2)S(=O)[O-])C1. The van der Waals surface area contributed by atoms with Crippen molar-refractivity contribution in [1.29, 1.82) is 0 Å². The Bertz CT molecular complexity index is 677. The molecule has 0 spiro atoms. The van der Waals surface area contributed by atoms with Crippen LogP contribution >= 0.6 is 22.9 Å². The molecule has 1 fully saturated rings. The minimum atomic E-state index is -5.82. The molecule has 15 heteroatoms. The van der Waals surface area contributed by atoms with Crippen LogP contribution in [0.4, 0.5) is 36.1 Å². The van der Waals surface area contributed by atoms with Gasteiger partial charge in [0.1, 0.15) is 5.00 Å². The molecule has 0 aliphatic carbocycles. The summed E-state index contributed by atoms with van der Waals surface area (Å²) in [6.45, 7) is -0.879. The van der Waals surface area contributed by atoms with Crippen LogP contribution in [0, 0.1) is 0 Å². The lowest BCUT2D eigenvalue weighted by Gasteiger charge is -2.45. The number of rotatable bonds is 4. The van der Waals surface area contributed by atoms with Crippen LogP contribution in [0.1, 0.15) is 0 Å². The first-order chi connectivity index (χ1) is 11.8. The normalized spacial score (nSPS) is 17.2. The highest BCUT2D eigenvalue weighted by molar-refractivity contribution is 7.81. The second-order valence-corrected chi connectivity index (χ2v) is 7.55. The molecule has 0 N–H and O–H groups in total. The Hall–Kier alpha value is -1.25. The number of likely N-dealkylation sites (tertiary alicyclic amines) is 1. The number of alkyl halides is 6. The van der Waals surface area contributed by atoms with Crippen LogP contribution in [0.3, 0.4) is 0 Å². The van der Waals surface area contributed by atoms with Gasteiger partial charge in [0.15, 0.2) is 0 Å². The summed E-state index contributed by atoms with van der Waals surface area (Å²) in [7, 11) is 0. The Morgan fingerprint density at radius 1 is 1.31 bits per heavy atom. The molecule has 6 nitrogen and oxygen atoms in total. The molecule has 1 atom stereocenters.